The maximum absolute atomic E-state index is 13.7. The minimum Gasteiger partial charge on any atom is -0.207 e. The van der Waals surface area contributed by atoms with Crippen molar-refractivity contribution in [1.29, 1.82) is 0 Å². The normalized spacial score (nSPS) is 26.7. The number of halogens is 1. The van der Waals surface area contributed by atoms with Crippen LogP contribution in [0.15, 0.2) is 23.8 Å². The van der Waals surface area contributed by atoms with Gasteiger partial charge >= 0.3 is 0 Å². The molecule has 19 heavy (non-hydrogen) atoms. The van der Waals surface area contributed by atoms with Gasteiger partial charge in [0.15, 0.2) is 0 Å². The first-order chi connectivity index (χ1) is 9.28. The molecule has 102 valence electrons. The van der Waals surface area contributed by atoms with Gasteiger partial charge in [-0.3, -0.25) is 0 Å². The van der Waals surface area contributed by atoms with Gasteiger partial charge in [-0.05, 0) is 67.6 Å². The van der Waals surface area contributed by atoms with Crippen LogP contribution in [-0.2, 0) is 6.42 Å². The van der Waals surface area contributed by atoms with Crippen molar-refractivity contribution >= 4 is 6.08 Å². The first kappa shape index (κ1) is 12.9. The third kappa shape index (κ3) is 2.61. The number of hydrogen-bond donors (Lipinski definition) is 0. The molecule has 0 aliphatic heterocycles. The predicted molar refractivity (Wildman–Crippen MR) is 78.4 cm³/mol. The highest BCUT2D eigenvalue weighted by Crippen LogP contribution is 2.39. The summed E-state index contributed by atoms with van der Waals surface area (Å²) in [6.45, 7) is 2.31. The van der Waals surface area contributed by atoms with E-state index in [4.69, 9.17) is 0 Å². The Morgan fingerprint density at radius 1 is 1.11 bits per heavy atom. The molecule has 2 aliphatic carbocycles. The molecular weight excluding hydrogens is 235 g/mol. The summed E-state index contributed by atoms with van der Waals surface area (Å²) in [7, 11) is 0. The van der Waals surface area contributed by atoms with E-state index in [1.54, 1.807) is 11.6 Å². The highest BCUT2D eigenvalue weighted by Gasteiger charge is 2.25. The molecule has 0 atom stereocenters. The van der Waals surface area contributed by atoms with E-state index in [-0.39, 0.29) is 5.82 Å². The summed E-state index contributed by atoms with van der Waals surface area (Å²) in [5.41, 5.74) is 3.63. The smallest absolute Gasteiger partial charge is 0.127 e. The molecule has 0 unspecified atom stereocenters. The molecule has 1 saturated carbocycles. The largest absolute Gasteiger partial charge is 0.207 e. The number of allylic oxidation sites excluding steroid dienone is 1. The monoisotopic (exact) mass is 258 g/mol. The van der Waals surface area contributed by atoms with Gasteiger partial charge in [0.05, 0.1) is 0 Å². The van der Waals surface area contributed by atoms with Gasteiger partial charge in [0.25, 0.3) is 0 Å². The zero-order chi connectivity index (χ0) is 13.2. The molecule has 1 heteroatoms. The quantitative estimate of drug-likeness (QED) is 0.669. The van der Waals surface area contributed by atoms with E-state index >= 15 is 0 Å². The average molecular weight is 258 g/mol. The van der Waals surface area contributed by atoms with Gasteiger partial charge < -0.3 is 0 Å². The average Bonchev–Trinajstić information content (AvgIpc) is 2.47. The van der Waals surface area contributed by atoms with E-state index in [2.05, 4.69) is 19.1 Å². The molecule has 1 fully saturated rings. The van der Waals surface area contributed by atoms with E-state index in [0.29, 0.717) is 0 Å². The van der Waals surface area contributed by atoms with Crippen molar-refractivity contribution in [3.63, 3.8) is 0 Å². The maximum Gasteiger partial charge on any atom is 0.127 e. The molecular formula is C18H23F. The Labute approximate surface area is 115 Å². The lowest BCUT2D eigenvalue weighted by Gasteiger charge is -2.31. The molecule has 1 aromatic carbocycles. The zero-order valence-electron chi connectivity index (χ0n) is 11.8. The van der Waals surface area contributed by atoms with Crippen LogP contribution in [0.3, 0.4) is 0 Å². The highest BCUT2D eigenvalue weighted by atomic mass is 19.1. The minimum atomic E-state index is -0.0255. The molecule has 0 amide bonds. The van der Waals surface area contributed by atoms with Gasteiger partial charge in [-0.2, -0.15) is 0 Å². The molecule has 0 nitrogen and oxygen atoms in total. The molecule has 2 aliphatic rings. The summed E-state index contributed by atoms with van der Waals surface area (Å²) < 4.78 is 13.7. The highest BCUT2D eigenvalue weighted by molar-refractivity contribution is 5.60. The van der Waals surface area contributed by atoms with Crippen LogP contribution in [0.25, 0.3) is 6.08 Å². The van der Waals surface area contributed by atoms with Gasteiger partial charge in [0.2, 0.25) is 0 Å². The van der Waals surface area contributed by atoms with E-state index in [9.17, 15) is 4.39 Å². The Morgan fingerprint density at radius 3 is 2.63 bits per heavy atom. The molecule has 0 aromatic heterocycles. The Balaban J connectivity index is 1.77. The Kier molecular flexibility index (Phi) is 3.72. The second-order valence-corrected chi connectivity index (χ2v) is 6.15. The fourth-order valence-electron chi connectivity index (χ4n) is 3.78. The van der Waals surface area contributed by atoms with Gasteiger partial charge in [-0.1, -0.05) is 37.1 Å². The third-order valence-electron chi connectivity index (χ3n) is 5.11. The molecule has 1 aromatic rings. The Hall–Kier alpha value is -1.11. The van der Waals surface area contributed by atoms with E-state index in [0.717, 1.165) is 35.8 Å². The van der Waals surface area contributed by atoms with E-state index in [1.165, 1.54) is 32.1 Å². The third-order valence-corrected chi connectivity index (χ3v) is 5.11. The van der Waals surface area contributed by atoms with Crippen LogP contribution in [0.2, 0.25) is 0 Å². The number of rotatable bonds is 2. The van der Waals surface area contributed by atoms with Gasteiger partial charge in [0.1, 0.15) is 5.82 Å². The number of benzene rings is 1. The van der Waals surface area contributed by atoms with Crippen molar-refractivity contribution in [3.05, 3.63) is 40.7 Å². The second kappa shape index (κ2) is 5.48. The van der Waals surface area contributed by atoms with Crippen LogP contribution in [0.5, 0.6) is 0 Å². The van der Waals surface area contributed by atoms with Crippen molar-refractivity contribution in [1.82, 2.24) is 0 Å². The summed E-state index contributed by atoms with van der Waals surface area (Å²) in [4.78, 5) is 0. The summed E-state index contributed by atoms with van der Waals surface area (Å²) >= 11 is 0. The SMILES string of the molecule is CCC1CCC(C2=Cc3cccc(F)c3CC2)CC1. The molecule has 0 N–H and O–H groups in total. The Morgan fingerprint density at radius 2 is 1.89 bits per heavy atom. The van der Waals surface area contributed by atoms with Gasteiger partial charge in [0, 0.05) is 0 Å². The predicted octanol–water partition coefficient (Wildman–Crippen LogP) is 5.37. The molecule has 0 heterocycles. The van der Waals surface area contributed by atoms with E-state index < -0.39 is 0 Å². The van der Waals surface area contributed by atoms with Crippen molar-refractivity contribution in [2.75, 3.05) is 0 Å². The lowest BCUT2D eigenvalue weighted by Crippen LogP contribution is -2.17. The first-order valence-corrected chi connectivity index (χ1v) is 7.75. The van der Waals surface area contributed by atoms with Crippen LogP contribution in [0.4, 0.5) is 4.39 Å². The lowest BCUT2D eigenvalue weighted by atomic mass is 9.74. The number of fused-ring (bicyclic) bond motifs is 1. The van der Waals surface area contributed by atoms with Crippen molar-refractivity contribution in [3.8, 4) is 0 Å². The number of hydrogen-bond acceptors (Lipinski definition) is 0. The Bertz CT molecular complexity index is 478. The van der Waals surface area contributed by atoms with Crippen LogP contribution < -0.4 is 0 Å². The minimum absolute atomic E-state index is 0.0255. The van der Waals surface area contributed by atoms with Crippen LogP contribution in [0, 0.1) is 17.7 Å². The molecule has 0 spiro atoms. The summed E-state index contributed by atoms with van der Waals surface area (Å²) in [5.74, 6) is 1.69. The van der Waals surface area contributed by atoms with Crippen LogP contribution in [-0.4, -0.2) is 0 Å². The standard InChI is InChI=1S/C18H23F/c1-2-13-6-8-14(9-7-13)15-10-11-17-16(12-15)4-3-5-18(17)19/h3-5,12-14H,2,6-11H2,1H3. The topological polar surface area (TPSA) is 0 Å². The fraction of sp³-hybridized carbons (Fsp3) is 0.556. The summed E-state index contributed by atoms with van der Waals surface area (Å²) in [5, 5.41) is 0. The van der Waals surface area contributed by atoms with Crippen LogP contribution in [0.1, 0.15) is 56.6 Å². The van der Waals surface area contributed by atoms with Crippen molar-refractivity contribution in [2.45, 2.75) is 51.9 Å². The summed E-state index contributed by atoms with van der Waals surface area (Å²) in [6.07, 6.45) is 11.0. The van der Waals surface area contributed by atoms with Crippen molar-refractivity contribution < 1.29 is 4.39 Å². The van der Waals surface area contributed by atoms with Crippen molar-refractivity contribution in [2.24, 2.45) is 11.8 Å². The summed E-state index contributed by atoms with van der Waals surface area (Å²) in [6, 6.07) is 5.49. The maximum atomic E-state index is 13.7. The second-order valence-electron chi connectivity index (χ2n) is 6.15. The first-order valence-electron chi connectivity index (χ1n) is 7.75. The van der Waals surface area contributed by atoms with Gasteiger partial charge in [-0.25, -0.2) is 4.39 Å². The molecule has 3 rings (SSSR count). The van der Waals surface area contributed by atoms with Gasteiger partial charge in [-0.15, -0.1) is 0 Å². The zero-order valence-corrected chi connectivity index (χ0v) is 11.8. The van der Waals surface area contributed by atoms with E-state index in [1.807, 2.05) is 6.07 Å². The molecule has 0 radical (unpaired) electrons. The molecule has 0 bridgehead atoms. The fourth-order valence-corrected chi connectivity index (χ4v) is 3.78. The molecule has 0 saturated heterocycles. The lowest BCUT2D eigenvalue weighted by molar-refractivity contribution is 0.292. The van der Waals surface area contributed by atoms with Crippen LogP contribution >= 0.6 is 0 Å².